The molecule has 0 aromatic heterocycles. The molecule has 2 aliphatic heterocycles. The van der Waals surface area contributed by atoms with E-state index in [2.05, 4.69) is 15.2 Å². The number of amidine groups is 1. The summed E-state index contributed by atoms with van der Waals surface area (Å²) >= 11 is 7.45. The van der Waals surface area contributed by atoms with Crippen LogP contribution in [0.25, 0.3) is 0 Å². The summed E-state index contributed by atoms with van der Waals surface area (Å²) in [5.41, 5.74) is 1.50. The highest BCUT2D eigenvalue weighted by Gasteiger charge is 2.33. The third-order valence-corrected chi connectivity index (χ3v) is 5.64. The summed E-state index contributed by atoms with van der Waals surface area (Å²) in [6.07, 6.45) is 2.39. The van der Waals surface area contributed by atoms with Crippen LogP contribution in [0.2, 0.25) is 5.02 Å². The first-order valence-corrected chi connectivity index (χ1v) is 8.89. The Bertz CT molecular complexity index is 671. The summed E-state index contributed by atoms with van der Waals surface area (Å²) in [5, 5.41) is 3.78. The minimum absolute atomic E-state index is 0.121. The number of amides is 2. The van der Waals surface area contributed by atoms with Crippen LogP contribution < -0.4 is 5.32 Å². The highest BCUT2D eigenvalue weighted by molar-refractivity contribution is 8.15. The maximum atomic E-state index is 12.2. The molecule has 3 rings (SSSR count). The molecule has 2 heterocycles. The summed E-state index contributed by atoms with van der Waals surface area (Å²) in [5.74, 6) is -0.408. The van der Waals surface area contributed by atoms with E-state index in [0.29, 0.717) is 10.7 Å². The molecule has 122 valence electrons. The number of halogens is 1. The van der Waals surface area contributed by atoms with Crippen LogP contribution in [0.5, 0.6) is 0 Å². The fraction of sp³-hybridized carbons (Fsp3) is 0.438. The van der Waals surface area contributed by atoms with Crippen LogP contribution in [-0.2, 0) is 9.59 Å². The number of hydrogen-bond donors (Lipinski definition) is 1. The SMILES string of the molecule is Cc1c(Cl)cccc1NC(=O)C[C@@H]1SC(N2CCCC2)=NC1=O. The summed E-state index contributed by atoms with van der Waals surface area (Å²) in [6, 6.07) is 5.36. The molecule has 5 nitrogen and oxygen atoms in total. The number of nitrogens with one attached hydrogen (secondary N) is 1. The summed E-state index contributed by atoms with van der Waals surface area (Å²) < 4.78 is 0. The number of likely N-dealkylation sites (tertiary alicyclic amines) is 1. The largest absolute Gasteiger partial charge is 0.351 e. The van der Waals surface area contributed by atoms with Crippen LogP contribution in [0.1, 0.15) is 24.8 Å². The van der Waals surface area contributed by atoms with Gasteiger partial charge in [0.25, 0.3) is 5.91 Å². The molecule has 1 aromatic rings. The quantitative estimate of drug-likeness (QED) is 0.909. The lowest BCUT2D eigenvalue weighted by Crippen LogP contribution is -2.25. The molecule has 0 bridgehead atoms. The predicted octanol–water partition coefficient (Wildman–Crippen LogP) is 3.07. The number of anilines is 1. The molecular weight excluding hydrogens is 334 g/mol. The molecule has 1 N–H and O–H groups in total. The van der Waals surface area contributed by atoms with Gasteiger partial charge >= 0.3 is 0 Å². The van der Waals surface area contributed by atoms with E-state index in [1.807, 2.05) is 6.92 Å². The molecule has 0 unspecified atom stereocenters. The number of carbonyl (C=O) groups excluding carboxylic acids is 2. The van der Waals surface area contributed by atoms with E-state index < -0.39 is 5.25 Å². The molecule has 23 heavy (non-hydrogen) atoms. The van der Waals surface area contributed by atoms with Crippen molar-refractivity contribution in [1.82, 2.24) is 4.90 Å². The van der Waals surface area contributed by atoms with Crippen molar-refractivity contribution in [3.05, 3.63) is 28.8 Å². The van der Waals surface area contributed by atoms with Gasteiger partial charge in [-0.05, 0) is 37.5 Å². The van der Waals surface area contributed by atoms with Crippen molar-refractivity contribution < 1.29 is 9.59 Å². The number of benzene rings is 1. The van der Waals surface area contributed by atoms with Crippen molar-refractivity contribution >= 4 is 46.0 Å². The second-order valence-corrected chi connectivity index (χ2v) is 7.28. The Balaban J connectivity index is 1.58. The van der Waals surface area contributed by atoms with Crippen molar-refractivity contribution in [2.75, 3.05) is 18.4 Å². The number of aliphatic imine (C=N–C) groups is 1. The van der Waals surface area contributed by atoms with Crippen molar-refractivity contribution in [3.8, 4) is 0 Å². The van der Waals surface area contributed by atoms with Gasteiger partial charge < -0.3 is 10.2 Å². The highest BCUT2D eigenvalue weighted by Crippen LogP contribution is 2.30. The molecule has 1 atom stereocenters. The van der Waals surface area contributed by atoms with E-state index in [1.54, 1.807) is 18.2 Å². The Morgan fingerprint density at radius 2 is 2.17 bits per heavy atom. The average molecular weight is 352 g/mol. The molecule has 0 spiro atoms. The standard InChI is InChI=1S/C16H18ClN3O2S/c1-10-11(17)5-4-6-12(10)18-14(21)9-13-15(22)19-16(23-13)20-7-2-3-8-20/h4-6,13H,2-3,7-9H2,1H3,(H,18,21)/t13-/m0/s1. The lowest BCUT2D eigenvalue weighted by molar-refractivity contribution is -0.121. The van der Waals surface area contributed by atoms with Gasteiger partial charge in [-0.15, -0.1) is 0 Å². The zero-order valence-electron chi connectivity index (χ0n) is 12.8. The number of nitrogens with zero attached hydrogens (tertiary/aromatic N) is 2. The maximum Gasteiger partial charge on any atom is 0.262 e. The molecule has 0 radical (unpaired) electrons. The van der Waals surface area contributed by atoms with Gasteiger partial charge in [-0.3, -0.25) is 9.59 Å². The second kappa shape index (κ2) is 6.93. The Morgan fingerprint density at radius 1 is 1.43 bits per heavy atom. The highest BCUT2D eigenvalue weighted by atomic mass is 35.5. The van der Waals surface area contributed by atoms with Crippen LogP contribution in [0, 0.1) is 6.92 Å². The minimum atomic E-state index is -0.426. The number of rotatable bonds is 3. The fourth-order valence-electron chi connectivity index (χ4n) is 2.67. The van der Waals surface area contributed by atoms with E-state index in [-0.39, 0.29) is 18.2 Å². The normalized spacial score (nSPS) is 20.8. The Hall–Kier alpha value is -1.53. The first kappa shape index (κ1) is 16.3. The summed E-state index contributed by atoms with van der Waals surface area (Å²) in [4.78, 5) is 30.5. The number of hydrogen-bond acceptors (Lipinski definition) is 4. The second-order valence-electron chi connectivity index (χ2n) is 5.70. The summed E-state index contributed by atoms with van der Waals surface area (Å²) in [6.45, 7) is 3.74. The number of carbonyl (C=O) groups is 2. The van der Waals surface area contributed by atoms with E-state index in [9.17, 15) is 9.59 Å². The van der Waals surface area contributed by atoms with Gasteiger partial charge in [-0.2, -0.15) is 4.99 Å². The third-order valence-electron chi connectivity index (χ3n) is 4.02. The van der Waals surface area contributed by atoms with E-state index >= 15 is 0 Å². The van der Waals surface area contributed by atoms with Gasteiger partial charge in [-0.25, -0.2) is 0 Å². The first-order chi connectivity index (χ1) is 11.0. The van der Waals surface area contributed by atoms with E-state index in [0.717, 1.165) is 36.7 Å². The van der Waals surface area contributed by atoms with E-state index in [1.165, 1.54) is 11.8 Å². The van der Waals surface area contributed by atoms with Crippen molar-refractivity contribution in [3.63, 3.8) is 0 Å². The molecule has 2 aliphatic rings. The van der Waals surface area contributed by atoms with Crippen molar-refractivity contribution in [2.24, 2.45) is 4.99 Å². The lowest BCUT2D eigenvalue weighted by Gasteiger charge is -2.16. The average Bonchev–Trinajstić information content (AvgIpc) is 3.14. The zero-order chi connectivity index (χ0) is 16.4. The fourth-order valence-corrected chi connectivity index (χ4v) is 3.96. The summed E-state index contributed by atoms with van der Waals surface area (Å²) in [7, 11) is 0. The Morgan fingerprint density at radius 3 is 2.91 bits per heavy atom. The van der Waals surface area contributed by atoms with Gasteiger partial charge in [0.15, 0.2) is 5.17 Å². The lowest BCUT2D eigenvalue weighted by atomic mass is 10.2. The zero-order valence-corrected chi connectivity index (χ0v) is 14.4. The van der Waals surface area contributed by atoms with Crippen LogP contribution in [0.4, 0.5) is 5.69 Å². The van der Waals surface area contributed by atoms with Crippen LogP contribution in [-0.4, -0.2) is 40.2 Å². The minimum Gasteiger partial charge on any atom is -0.351 e. The first-order valence-electron chi connectivity index (χ1n) is 7.63. The van der Waals surface area contributed by atoms with Gasteiger partial charge in [0, 0.05) is 30.2 Å². The monoisotopic (exact) mass is 351 g/mol. The van der Waals surface area contributed by atoms with Crippen LogP contribution in [0.3, 0.4) is 0 Å². The van der Waals surface area contributed by atoms with Crippen molar-refractivity contribution in [2.45, 2.75) is 31.4 Å². The third kappa shape index (κ3) is 3.70. The Labute approximate surface area is 144 Å². The topological polar surface area (TPSA) is 61.8 Å². The number of thioether (sulfide) groups is 1. The predicted molar refractivity (Wildman–Crippen MR) is 94.1 cm³/mol. The van der Waals surface area contributed by atoms with Gasteiger partial charge in [0.1, 0.15) is 5.25 Å². The molecule has 0 aliphatic carbocycles. The van der Waals surface area contributed by atoms with Crippen LogP contribution in [0.15, 0.2) is 23.2 Å². The molecule has 1 fully saturated rings. The van der Waals surface area contributed by atoms with Gasteiger partial charge in [0.05, 0.1) is 0 Å². The molecule has 1 saturated heterocycles. The molecule has 7 heteroatoms. The molecule has 2 amide bonds. The Kier molecular flexibility index (Phi) is 4.92. The molecule has 0 saturated carbocycles. The van der Waals surface area contributed by atoms with E-state index in [4.69, 9.17) is 11.6 Å². The van der Waals surface area contributed by atoms with Gasteiger partial charge in [-0.1, -0.05) is 29.4 Å². The molecular formula is C16H18ClN3O2S. The maximum absolute atomic E-state index is 12.2. The van der Waals surface area contributed by atoms with Crippen LogP contribution >= 0.6 is 23.4 Å². The smallest absolute Gasteiger partial charge is 0.262 e. The molecule has 1 aromatic carbocycles. The van der Waals surface area contributed by atoms with Crippen molar-refractivity contribution in [1.29, 1.82) is 0 Å². The van der Waals surface area contributed by atoms with Gasteiger partial charge in [0.2, 0.25) is 5.91 Å².